The summed E-state index contributed by atoms with van der Waals surface area (Å²) in [4.78, 5) is 0. The Balaban J connectivity index is 5.48. The predicted octanol–water partition coefficient (Wildman–Crippen LogP) is 3.93. The molecule has 0 saturated carbocycles. The topological polar surface area (TPSA) is 36.9 Å². The van der Waals surface area contributed by atoms with Crippen LogP contribution in [0, 0.1) is 0 Å². The van der Waals surface area contributed by atoms with Gasteiger partial charge in [-0.3, -0.25) is 0 Å². The minimum Gasteiger partial charge on any atom is -0.405 e. The zero-order chi connectivity index (χ0) is 17.1. The second kappa shape index (κ2) is 11.1. The standard InChI is InChI=1S/C17H34O4Si/c1-8-12-13-14-15-16(18-5)17(19-6,20-7)22(10-3,11-4)21-9-2/h10-11,16H,3-4,8-9,12-15H2,1-2,5-7H3. The molecule has 130 valence electrons. The van der Waals surface area contributed by atoms with Gasteiger partial charge in [-0.05, 0) is 13.3 Å². The Bertz CT molecular complexity index is 308. The van der Waals surface area contributed by atoms with Crippen molar-refractivity contribution in [3.05, 3.63) is 24.6 Å². The number of ether oxygens (including phenoxy) is 3. The lowest BCUT2D eigenvalue weighted by Crippen LogP contribution is -2.67. The Kier molecular flexibility index (Phi) is 10.9. The van der Waals surface area contributed by atoms with Gasteiger partial charge < -0.3 is 18.6 Å². The van der Waals surface area contributed by atoms with Gasteiger partial charge in [0.2, 0.25) is 5.41 Å². The average Bonchev–Trinajstić information content (AvgIpc) is 2.56. The Morgan fingerprint density at radius 1 is 1.00 bits per heavy atom. The molecular weight excluding hydrogens is 296 g/mol. The molecule has 0 amide bonds. The van der Waals surface area contributed by atoms with Gasteiger partial charge in [-0.2, -0.15) is 0 Å². The van der Waals surface area contributed by atoms with Crippen molar-refractivity contribution >= 4 is 8.32 Å². The Morgan fingerprint density at radius 3 is 1.95 bits per heavy atom. The lowest BCUT2D eigenvalue weighted by atomic mass is 10.1. The van der Waals surface area contributed by atoms with Gasteiger partial charge >= 0.3 is 8.32 Å². The zero-order valence-corrected chi connectivity index (χ0v) is 16.0. The summed E-state index contributed by atoms with van der Waals surface area (Å²) < 4.78 is 23.5. The smallest absolute Gasteiger partial charge is 0.308 e. The molecule has 0 rings (SSSR count). The first-order valence-corrected chi connectivity index (χ1v) is 10.2. The largest absolute Gasteiger partial charge is 0.405 e. The maximum absolute atomic E-state index is 6.06. The number of methoxy groups -OCH3 is 3. The normalized spacial score (nSPS) is 13.9. The molecule has 0 radical (unpaired) electrons. The molecule has 0 aliphatic rings. The lowest BCUT2D eigenvalue weighted by molar-refractivity contribution is -0.223. The van der Waals surface area contributed by atoms with Crippen LogP contribution in [0.3, 0.4) is 0 Å². The van der Waals surface area contributed by atoms with Crippen molar-refractivity contribution in [2.24, 2.45) is 0 Å². The fourth-order valence-corrected chi connectivity index (χ4v) is 6.02. The minimum absolute atomic E-state index is 0.228. The highest BCUT2D eigenvalue weighted by Gasteiger charge is 2.58. The van der Waals surface area contributed by atoms with Crippen molar-refractivity contribution in [2.45, 2.75) is 57.5 Å². The molecule has 0 bridgehead atoms. The van der Waals surface area contributed by atoms with Crippen molar-refractivity contribution in [1.82, 2.24) is 0 Å². The molecule has 0 heterocycles. The number of hydrogen-bond acceptors (Lipinski definition) is 4. The van der Waals surface area contributed by atoms with Gasteiger partial charge in [-0.15, -0.1) is 13.2 Å². The van der Waals surface area contributed by atoms with Gasteiger partial charge in [0.15, 0.2) is 0 Å². The minimum atomic E-state index is -2.72. The van der Waals surface area contributed by atoms with Crippen molar-refractivity contribution in [2.75, 3.05) is 27.9 Å². The number of unbranched alkanes of at least 4 members (excludes halogenated alkanes) is 3. The van der Waals surface area contributed by atoms with E-state index in [1.54, 1.807) is 21.3 Å². The third kappa shape index (κ3) is 4.52. The Hall–Kier alpha value is -0.463. The molecular formula is C17H34O4Si. The lowest BCUT2D eigenvalue weighted by Gasteiger charge is -2.46. The summed E-state index contributed by atoms with van der Waals surface area (Å²) >= 11 is 0. The molecule has 1 unspecified atom stereocenters. The summed E-state index contributed by atoms with van der Waals surface area (Å²) in [6.45, 7) is 12.6. The molecule has 0 aliphatic heterocycles. The van der Waals surface area contributed by atoms with E-state index in [2.05, 4.69) is 20.1 Å². The van der Waals surface area contributed by atoms with Gasteiger partial charge in [-0.25, -0.2) is 0 Å². The van der Waals surface area contributed by atoms with E-state index in [9.17, 15) is 0 Å². The summed E-state index contributed by atoms with van der Waals surface area (Å²) in [7, 11) is 2.24. The van der Waals surface area contributed by atoms with E-state index in [1.165, 1.54) is 19.3 Å². The summed E-state index contributed by atoms with van der Waals surface area (Å²) in [5.41, 5.74) is 2.65. The molecule has 4 nitrogen and oxygen atoms in total. The van der Waals surface area contributed by atoms with Crippen LogP contribution in [-0.4, -0.2) is 47.8 Å². The first-order chi connectivity index (χ1) is 10.6. The van der Waals surface area contributed by atoms with Crippen molar-refractivity contribution in [1.29, 1.82) is 0 Å². The van der Waals surface area contributed by atoms with Crippen LogP contribution in [0.25, 0.3) is 0 Å². The molecule has 0 spiro atoms. The first kappa shape index (κ1) is 21.5. The number of rotatable bonds is 14. The highest BCUT2D eigenvalue weighted by Crippen LogP contribution is 2.35. The summed E-state index contributed by atoms with van der Waals surface area (Å²) in [6.07, 6.45) is 5.28. The van der Waals surface area contributed by atoms with Crippen LogP contribution in [0.1, 0.15) is 46.0 Å². The molecule has 0 aromatic heterocycles. The molecule has 0 saturated heterocycles. The molecule has 0 N–H and O–H groups in total. The quantitative estimate of drug-likeness (QED) is 0.275. The van der Waals surface area contributed by atoms with Crippen molar-refractivity contribution < 1.29 is 18.6 Å². The SMILES string of the molecule is C=C[Si](C=C)(OCC)C(OC)(OC)C(CCCCCC)OC. The van der Waals surface area contributed by atoms with Gasteiger partial charge in [0.1, 0.15) is 6.10 Å². The maximum atomic E-state index is 6.06. The van der Waals surface area contributed by atoms with Crippen LogP contribution in [0.4, 0.5) is 0 Å². The number of hydrogen-bond donors (Lipinski definition) is 0. The van der Waals surface area contributed by atoms with Gasteiger partial charge in [-0.1, -0.05) is 44.0 Å². The van der Waals surface area contributed by atoms with Crippen molar-refractivity contribution in [3.63, 3.8) is 0 Å². The molecule has 0 fully saturated rings. The van der Waals surface area contributed by atoms with Gasteiger partial charge in [0, 0.05) is 27.9 Å². The monoisotopic (exact) mass is 330 g/mol. The summed E-state index contributed by atoms with van der Waals surface area (Å²) in [5, 5.41) is 0. The van der Waals surface area contributed by atoms with Crippen molar-refractivity contribution in [3.8, 4) is 0 Å². The predicted molar refractivity (Wildman–Crippen MR) is 94.1 cm³/mol. The Labute approximate surface area is 137 Å². The Morgan fingerprint density at radius 2 is 1.59 bits per heavy atom. The molecule has 0 aromatic carbocycles. The van der Waals surface area contributed by atoms with Crippen LogP contribution in [-0.2, 0) is 18.6 Å². The fourth-order valence-electron chi connectivity index (χ4n) is 2.96. The maximum Gasteiger partial charge on any atom is 0.308 e. The van der Waals surface area contributed by atoms with E-state index in [0.29, 0.717) is 6.61 Å². The second-order valence-corrected chi connectivity index (χ2v) is 8.67. The summed E-state index contributed by atoms with van der Waals surface area (Å²) in [5.74, 6) is 0. The van der Waals surface area contributed by atoms with E-state index in [0.717, 1.165) is 12.8 Å². The molecule has 0 aliphatic carbocycles. The molecule has 0 aromatic rings. The van der Waals surface area contributed by atoms with Gasteiger partial charge in [0.05, 0.1) is 0 Å². The third-order valence-electron chi connectivity index (χ3n) is 4.17. The summed E-state index contributed by atoms with van der Waals surface area (Å²) in [6, 6.07) is 0. The third-order valence-corrected chi connectivity index (χ3v) is 7.97. The van der Waals surface area contributed by atoms with E-state index >= 15 is 0 Å². The van der Waals surface area contributed by atoms with E-state index in [-0.39, 0.29) is 6.10 Å². The van der Waals surface area contributed by atoms with Crippen LogP contribution in [0.15, 0.2) is 24.6 Å². The highest BCUT2D eigenvalue weighted by molar-refractivity contribution is 6.85. The molecule has 22 heavy (non-hydrogen) atoms. The average molecular weight is 331 g/mol. The van der Waals surface area contributed by atoms with Crippen LogP contribution >= 0.6 is 0 Å². The molecule has 1 atom stereocenters. The van der Waals surface area contributed by atoms with E-state index < -0.39 is 13.7 Å². The fraction of sp³-hybridized carbons (Fsp3) is 0.765. The van der Waals surface area contributed by atoms with Crippen LogP contribution in [0.5, 0.6) is 0 Å². The van der Waals surface area contributed by atoms with Crippen LogP contribution in [0.2, 0.25) is 0 Å². The first-order valence-electron chi connectivity index (χ1n) is 8.12. The van der Waals surface area contributed by atoms with E-state index in [4.69, 9.17) is 18.6 Å². The van der Waals surface area contributed by atoms with E-state index in [1.807, 2.05) is 18.3 Å². The highest BCUT2D eigenvalue weighted by atomic mass is 28.4. The van der Waals surface area contributed by atoms with Gasteiger partial charge in [0.25, 0.3) is 0 Å². The second-order valence-electron chi connectivity index (χ2n) is 5.28. The zero-order valence-electron chi connectivity index (χ0n) is 15.0. The van der Waals surface area contributed by atoms with Crippen LogP contribution < -0.4 is 0 Å². The molecule has 5 heteroatoms.